The zero-order valence-corrected chi connectivity index (χ0v) is 21.1. The number of nitrogens with one attached hydrogen (secondary N) is 1. The maximum atomic E-state index is 13.2. The molecule has 7 atom stereocenters. The Balaban J connectivity index is 1.33. The SMILES string of the molecule is C=C(C(=O)N[C@@H]1C(=O)N2[C@@H]1SC(C)(C)[C@@H]2C(=O)O)C1CCC2C(C1c1csc(N)n1)C2(Cl)Cl. The van der Waals surface area contributed by atoms with E-state index in [1.807, 2.05) is 5.38 Å². The minimum absolute atomic E-state index is 0.0472. The van der Waals surface area contributed by atoms with Crippen molar-refractivity contribution in [1.82, 2.24) is 15.2 Å². The van der Waals surface area contributed by atoms with Gasteiger partial charge in [-0.2, -0.15) is 0 Å². The van der Waals surface area contributed by atoms with Crippen LogP contribution in [0, 0.1) is 17.8 Å². The summed E-state index contributed by atoms with van der Waals surface area (Å²) in [6, 6.07) is -1.71. The smallest absolute Gasteiger partial charge is 0.327 e. The van der Waals surface area contributed by atoms with Crippen LogP contribution in [0.4, 0.5) is 5.13 Å². The van der Waals surface area contributed by atoms with Crippen LogP contribution in [0.1, 0.15) is 38.3 Å². The quantitative estimate of drug-likeness (QED) is 0.303. The molecule has 0 radical (unpaired) electrons. The number of fused-ring (bicyclic) bond motifs is 2. The number of carboxylic acid groups (broad SMARTS) is 1. The molecule has 1 aromatic heterocycles. The van der Waals surface area contributed by atoms with Crippen molar-refractivity contribution in [3.05, 3.63) is 23.2 Å². The van der Waals surface area contributed by atoms with E-state index in [4.69, 9.17) is 28.9 Å². The van der Waals surface area contributed by atoms with Crippen molar-refractivity contribution in [3.8, 4) is 0 Å². The Kier molecular flexibility index (Phi) is 5.29. The van der Waals surface area contributed by atoms with Crippen molar-refractivity contribution in [2.24, 2.45) is 17.8 Å². The number of alkyl halides is 2. The van der Waals surface area contributed by atoms with Gasteiger partial charge < -0.3 is 21.1 Å². The van der Waals surface area contributed by atoms with E-state index in [1.165, 1.54) is 28.0 Å². The first-order chi connectivity index (χ1) is 15.4. The molecule has 0 spiro atoms. The van der Waals surface area contributed by atoms with Crippen molar-refractivity contribution >= 4 is 69.2 Å². The average molecular weight is 531 g/mol. The van der Waals surface area contributed by atoms with Crippen molar-refractivity contribution in [2.45, 2.75) is 59.1 Å². The molecule has 2 saturated heterocycles. The van der Waals surface area contributed by atoms with E-state index in [0.29, 0.717) is 17.1 Å². The molecule has 1 aromatic rings. The summed E-state index contributed by atoms with van der Waals surface area (Å²) in [4.78, 5) is 43.5. The summed E-state index contributed by atoms with van der Waals surface area (Å²) in [5.41, 5.74) is 6.97. The van der Waals surface area contributed by atoms with Gasteiger partial charge in [-0.25, -0.2) is 9.78 Å². The number of nitrogens with zero attached hydrogens (tertiary/aromatic N) is 2. The normalized spacial score (nSPS) is 37.5. The fourth-order valence-corrected chi connectivity index (χ4v) is 9.02. The number of nitrogens with two attached hydrogens (primary N) is 1. The Morgan fingerprint density at radius 3 is 2.67 bits per heavy atom. The third-order valence-electron chi connectivity index (χ3n) is 7.45. The highest BCUT2D eigenvalue weighted by Gasteiger charge is 2.69. The summed E-state index contributed by atoms with van der Waals surface area (Å²) < 4.78 is -1.52. The molecule has 12 heteroatoms. The van der Waals surface area contributed by atoms with Gasteiger partial charge >= 0.3 is 5.97 Å². The maximum absolute atomic E-state index is 13.2. The summed E-state index contributed by atoms with van der Waals surface area (Å²) >= 11 is 15.8. The van der Waals surface area contributed by atoms with E-state index in [2.05, 4.69) is 16.9 Å². The zero-order chi connectivity index (χ0) is 24.0. The molecule has 0 bridgehead atoms. The second kappa shape index (κ2) is 7.50. The lowest BCUT2D eigenvalue weighted by molar-refractivity contribution is -0.160. The molecule has 4 unspecified atom stereocenters. The summed E-state index contributed by atoms with van der Waals surface area (Å²) in [6.07, 6.45) is 1.45. The maximum Gasteiger partial charge on any atom is 0.327 e. The van der Waals surface area contributed by atoms with Gasteiger partial charge in [-0.05, 0) is 38.5 Å². The van der Waals surface area contributed by atoms with Crippen LogP contribution in [0.2, 0.25) is 0 Å². The van der Waals surface area contributed by atoms with Crippen molar-refractivity contribution in [2.75, 3.05) is 5.73 Å². The number of aromatic nitrogens is 1. The van der Waals surface area contributed by atoms with Crippen LogP contribution in [0.15, 0.2) is 17.5 Å². The van der Waals surface area contributed by atoms with Gasteiger partial charge in [-0.15, -0.1) is 46.3 Å². The molecule has 2 amide bonds. The molecule has 2 saturated carbocycles. The number of thioether (sulfide) groups is 1. The molecule has 0 aromatic carbocycles. The third-order valence-corrected chi connectivity index (χ3v) is 10.8. The monoisotopic (exact) mass is 530 g/mol. The van der Waals surface area contributed by atoms with E-state index in [1.54, 1.807) is 13.8 Å². The predicted molar refractivity (Wildman–Crippen MR) is 128 cm³/mol. The first-order valence-corrected chi connectivity index (χ1v) is 13.2. The number of anilines is 1. The Morgan fingerprint density at radius 2 is 2.06 bits per heavy atom. The number of carbonyl (C=O) groups is 3. The number of hydrogen-bond donors (Lipinski definition) is 3. The highest BCUT2D eigenvalue weighted by molar-refractivity contribution is 8.01. The minimum atomic E-state index is -1.05. The molecule has 5 rings (SSSR count). The van der Waals surface area contributed by atoms with Gasteiger partial charge in [0.15, 0.2) is 5.13 Å². The minimum Gasteiger partial charge on any atom is -0.480 e. The first kappa shape index (κ1) is 23.3. The van der Waals surface area contributed by atoms with E-state index in [0.717, 1.165) is 12.1 Å². The van der Waals surface area contributed by atoms with Crippen molar-refractivity contribution < 1.29 is 19.5 Å². The van der Waals surface area contributed by atoms with E-state index in [-0.39, 0.29) is 29.6 Å². The zero-order valence-electron chi connectivity index (χ0n) is 18.0. The summed E-state index contributed by atoms with van der Waals surface area (Å²) in [5.74, 6) is -2.19. The Hall–Kier alpha value is -1.49. The number of thiazole rings is 1. The van der Waals surface area contributed by atoms with E-state index < -0.39 is 38.4 Å². The molecule has 8 nitrogen and oxygen atoms in total. The van der Waals surface area contributed by atoms with Crippen LogP contribution in [-0.2, 0) is 14.4 Å². The molecule has 3 heterocycles. The molecular formula is C21H24Cl2N4O4S2. The average Bonchev–Trinajstić information content (AvgIpc) is 3.03. The van der Waals surface area contributed by atoms with Gasteiger partial charge in [0, 0.05) is 27.5 Å². The summed E-state index contributed by atoms with van der Waals surface area (Å²) in [7, 11) is 0. The third kappa shape index (κ3) is 3.39. The fourth-order valence-electron chi connectivity index (χ4n) is 5.85. The predicted octanol–water partition coefficient (Wildman–Crippen LogP) is 2.83. The number of β-lactam (4-membered cyclic amide) rings is 1. The standard InChI is InChI=1S/C21H24Cl2N4O4S2/c1-7(8-4-5-9-12(21(9,22)23)11(8)10-6-32-19(24)25-10)15(28)26-13-16(29)27-14(18(30)31)20(2,3)33-17(13)27/h6,8-9,11-14,17H,1,4-5H2,2-3H3,(H2,24,25)(H,26,28)(H,30,31)/t8?,9?,11?,12?,13-,14+,17-/m1/s1. The van der Waals surface area contributed by atoms with Gasteiger partial charge in [-0.1, -0.05) is 6.58 Å². The van der Waals surface area contributed by atoms with E-state index in [9.17, 15) is 19.5 Å². The van der Waals surface area contributed by atoms with Crippen LogP contribution < -0.4 is 11.1 Å². The second-order valence-corrected chi connectivity index (χ2v) is 13.8. The lowest BCUT2D eigenvalue weighted by Gasteiger charge is -2.44. The van der Waals surface area contributed by atoms with Gasteiger partial charge in [0.05, 0.1) is 5.69 Å². The number of hydrogen-bond acceptors (Lipinski definition) is 7. The Morgan fingerprint density at radius 1 is 1.36 bits per heavy atom. The number of halogens is 2. The molecule has 4 aliphatic rings. The lowest BCUT2D eigenvalue weighted by Crippen LogP contribution is -2.70. The van der Waals surface area contributed by atoms with Crippen molar-refractivity contribution in [1.29, 1.82) is 0 Å². The van der Waals surface area contributed by atoms with Crippen LogP contribution in [-0.4, -0.2) is 59.3 Å². The van der Waals surface area contributed by atoms with Gasteiger partial charge in [0.25, 0.3) is 0 Å². The van der Waals surface area contributed by atoms with Crippen LogP contribution >= 0.6 is 46.3 Å². The highest BCUT2D eigenvalue weighted by atomic mass is 35.5. The van der Waals surface area contributed by atoms with Crippen LogP contribution in [0.25, 0.3) is 0 Å². The molecule has 2 aliphatic carbocycles. The number of amides is 2. The number of carbonyl (C=O) groups excluding carboxylic acids is 2. The fraction of sp³-hybridized carbons (Fsp3) is 0.619. The van der Waals surface area contributed by atoms with E-state index >= 15 is 0 Å². The molecule has 178 valence electrons. The van der Waals surface area contributed by atoms with Gasteiger partial charge in [0.2, 0.25) is 11.8 Å². The number of carboxylic acids is 1. The number of nitrogen functional groups attached to an aromatic ring is 1. The molecular weight excluding hydrogens is 507 g/mol. The van der Waals surface area contributed by atoms with Gasteiger partial charge in [-0.3, -0.25) is 9.59 Å². The molecule has 33 heavy (non-hydrogen) atoms. The lowest BCUT2D eigenvalue weighted by atomic mass is 9.73. The summed E-state index contributed by atoms with van der Waals surface area (Å²) in [5, 5.41) is 14.3. The first-order valence-electron chi connectivity index (χ1n) is 10.7. The Labute approximate surface area is 209 Å². The van der Waals surface area contributed by atoms with Crippen LogP contribution in [0.3, 0.4) is 0 Å². The van der Waals surface area contributed by atoms with Gasteiger partial charge in [0.1, 0.15) is 21.8 Å². The molecule has 4 fully saturated rings. The number of aliphatic carboxylic acids is 1. The topological polar surface area (TPSA) is 126 Å². The Bertz CT molecular complexity index is 1080. The number of rotatable bonds is 5. The molecule has 2 aliphatic heterocycles. The van der Waals surface area contributed by atoms with Crippen molar-refractivity contribution in [3.63, 3.8) is 0 Å². The highest BCUT2D eigenvalue weighted by Crippen LogP contribution is 2.71. The largest absolute Gasteiger partial charge is 0.480 e. The van der Waals surface area contributed by atoms with Crippen LogP contribution in [0.5, 0.6) is 0 Å². The molecule has 4 N–H and O–H groups in total. The summed E-state index contributed by atoms with van der Waals surface area (Å²) in [6.45, 7) is 7.66. The second-order valence-electron chi connectivity index (χ2n) is 9.70.